The van der Waals surface area contributed by atoms with Crippen LogP contribution in [-0.4, -0.2) is 26.5 Å². The van der Waals surface area contributed by atoms with Crippen LogP contribution in [0.4, 0.5) is 0 Å². The lowest BCUT2D eigenvalue weighted by molar-refractivity contribution is -0.134. The summed E-state index contributed by atoms with van der Waals surface area (Å²) >= 11 is 4.98. The summed E-state index contributed by atoms with van der Waals surface area (Å²) in [6.07, 6.45) is 0.628. The number of phenols is 1. The van der Waals surface area contributed by atoms with E-state index in [1.54, 1.807) is 12.1 Å². The van der Waals surface area contributed by atoms with Crippen molar-refractivity contribution in [2.24, 2.45) is 0 Å². The van der Waals surface area contributed by atoms with Crippen molar-refractivity contribution in [3.63, 3.8) is 0 Å². The number of halogens is 1. The van der Waals surface area contributed by atoms with Gasteiger partial charge in [-0.25, -0.2) is 4.79 Å². The third kappa shape index (κ3) is 5.40. The zero-order valence-corrected chi connectivity index (χ0v) is 16.7. The fourth-order valence-electron chi connectivity index (χ4n) is 2.91. The highest BCUT2D eigenvalue weighted by molar-refractivity contribution is 7.91. The van der Waals surface area contributed by atoms with E-state index in [0.29, 0.717) is 17.2 Å². The Morgan fingerprint density at radius 2 is 1.92 bits per heavy atom. The molecule has 0 radical (unpaired) electrons. The van der Waals surface area contributed by atoms with Crippen molar-refractivity contribution >= 4 is 28.7 Å². The van der Waals surface area contributed by atoms with Gasteiger partial charge in [0.15, 0.2) is 0 Å². The predicted molar refractivity (Wildman–Crippen MR) is 106 cm³/mol. The van der Waals surface area contributed by atoms with Gasteiger partial charge in [0.05, 0.1) is 0 Å². The number of rotatable bonds is 7. The Morgan fingerprint density at radius 3 is 2.50 bits per heavy atom. The van der Waals surface area contributed by atoms with Crippen LogP contribution >= 0.6 is 11.6 Å². The molecule has 2 N–H and O–H groups in total. The van der Waals surface area contributed by atoms with E-state index >= 15 is 0 Å². The Bertz CT molecular complexity index is 781. The van der Waals surface area contributed by atoms with Crippen molar-refractivity contribution in [2.45, 2.75) is 38.9 Å². The standard InChI is InChI=1S/C20H23ClO4S/c1-12(2)16-7-14(4-5-19(16)22)8-17-13(3)6-15(9-18(17)21)10-26(25)11-20(23)24/h4-7,9,12,22H,8,10-11H2,1-3H3,(H,23,24). The Kier molecular flexibility index (Phi) is 6.98. The minimum Gasteiger partial charge on any atom is -0.616 e. The number of benzene rings is 2. The van der Waals surface area contributed by atoms with Gasteiger partial charge in [0, 0.05) is 10.6 Å². The quantitative estimate of drug-likeness (QED) is 0.682. The molecule has 0 heterocycles. The molecule has 6 heteroatoms. The van der Waals surface area contributed by atoms with Gasteiger partial charge >= 0.3 is 5.97 Å². The summed E-state index contributed by atoms with van der Waals surface area (Å²) in [4.78, 5) is 10.7. The second-order valence-electron chi connectivity index (χ2n) is 6.72. The van der Waals surface area contributed by atoms with Gasteiger partial charge in [-0.3, -0.25) is 0 Å². The van der Waals surface area contributed by atoms with E-state index in [1.165, 1.54) is 0 Å². The zero-order valence-electron chi connectivity index (χ0n) is 15.1. The number of aryl methyl sites for hydroxylation is 1. The van der Waals surface area contributed by atoms with Crippen LogP contribution in [0.15, 0.2) is 30.3 Å². The monoisotopic (exact) mass is 394 g/mol. The SMILES string of the molecule is Cc1cc(C[S+]([O-])CC(=O)O)cc(Cl)c1Cc1ccc(O)c(C(C)C)c1. The Balaban J connectivity index is 2.23. The molecule has 26 heavy (non-hydrogen) atoms. The molecule has 0 saturated heterocycles. The topological polar surface area (TPSA) is 80.6 Å². The highest BCUT2D eigenvalue weighted by Gasteiger charge is 2.16. The van der Waals surface area contributed by atoms with Crippen molar-refractivity contribution in [3.05, 3.63) is 63.2 Å². The number of carbonyl (C=O) groups is 1. The molecule has 0 fully saturated rings. The molecule has 1 atom stereocenters. The van der Waals surface area contributed by atoms with Gasteiger partial charge in [0.1, 0.15) is 11.5 Å². The average molecular weight is 395 g/mol. The van der Waals surface area contributed by atoms with Crippen LogP contribution in [-0.2, 0) is 28.1 Å². The lowest BCUT2D eigenvalue weighted by Crippen LogP contribution is -2.17. The molecule has 0 saturated carbocycles. The maximum absolute atomic E-state index is 11.8. The van der Waals surface area contributed by atoms with Crippen LogP contribution in [0.2, 0.25) is 5.02 Å². The molecule has 2 aromatic rings. The lowest BCUT2D eigenvalue weighted by Gasteiger charge is -2.15. The van der Waals surface area contributed by atoms with E-state index < -0.39 is 17.1 Å². The van der Waals surface area contributed by atoms with Crippen molar-refractivity contribution in [1.82, 2.24) is 0 Å². The van der Waals surface area contributed by atoms with Crippen LogP contribution < -0.4 is 0 Å². The summed E-state index contributed by atoms with van der Waals surface area (Å²) in [5.74, 6) is -0.759. The summed E-state index contributed by atoms with van der Waals surface area (Å²) in [5, 5.41) is 19.3. The Hall–Kier alpha value is -1.69. The van der Waals surface area contributed by atoms with Crippen molar-refractivity contribution in [2.75, 3.05) is 5.75 Å². The lowest BCUT2D eigenvalue weighted by atomic mass is 9.94. The molecule has 0 aliphatic heterocycles. The Labute approximate surface area is 162 Å². The molecular formula is C20H23ClO4S. The highest BCUT2D eigenvalue weighted by Crippen LogP contribution is 2.30. The van der Waals surface area contributed by atoms with Gasteiger partial charge in [-0.2, -0.15) is 0 Å². The number of hydrogen-bond donors (Lipinski definition) is 2. The van der Waals surface area contributed by atoms with Crippen molar-refractivity contribution in [3.8, 4) is 5.75 Å². The van der Waals surface area contributed by atoms with Gasteiger partial charge in [-0.05, 0) is 64.8 Å². The first kappa shape index (κ1) is 20.6. The molecule has 1 unspecified atom stereocenters. The first-order valence-corrected chi connectivity index (χ1v) is 10.2. The average Bonchev–Trinajstić information content (AvgIpc) is 2.51. The first-order chi connectivity index (χ1) is 12.2. The summed E-state index contributed by atoms with van der Waals surface area (Å²) in [6.45, 7) is 6.00. The van der Waals surface area contributed by atoms with Gasteiger partial charge < -0.3 is 14.8 Å². The minimum absolute atomic E-state index is 0.170. The highest BCUT2D eigenvalue weighted by atomic mass is 35.5. The van der Waals surface area contributed by atoms with E-state index in [9.17, 15) is 14.5 Å². The molecule has 2 aromatic carbocycles. The molecule has 0 spiro atoms. The van der Waals surface area contributed by atoms with E-state index in [0.717, 1.165) is 27.8 Å². The number of hydrogen-bond acceptors (Lipinski definition) is 3. The van der Waals surface area contributed by atoms with Gasteiger partial charge in [0.2, 0.25) is 5.75 Å². The molecule has 4 nitrogen and oxygen atoms in total. The molecule has 0 amide bonds. The molecule has 0 aliphatic carbocycles. The molecule has 2 rings (SSSR count). The largest absolute Gasteiger partial charge is 0.616 e. The fraction of sp³-hybridized carbons (Fsp3) is 0.350. The number of carboxylic acid groups (broad SMARTS) is 1. The van der Waals surface area contributed by atoms with E-state index in [1.807, 2.05) is 39.0 Å². The smallest absolute Gasteiger partial charge is 0.353 e. The Morgan fingerprint density at radius 1 is 1.23 bits per heavy atom. The van der Waals surface area contributed by atoms with Crippen LogP contribution in [0.5, 0.6) is 5.75 Å². The van der Waals surface area contributed by atoms with Gasteiger partial charge in [0.25, 0.3) is 0 Å². The molecule has 140 valence electrons. The van der Waals surface area contributed by atoms with Crippen LogP contribution in [0, 0.1) is 6.92 Å². The summed E-state index contributed by atoms with van der Waals surface area (Å²) in [5.41, 5.74) is 4.67. The zero-order chi connectivity index (χ0) is 19.4. The normalized spacial score (nSPS) is 12.4. The predicted octanol–water partition coefficient (Wildman–Crippen LogP) is 4.40. The number of aliphatic carboxylic acids is 1. The van der Waals surface area contributed by atoms with Gasteiger partial charge in [-0.15, -0.1) is 0 Å². The molecular weight excluding hydrogens is 372 g/mol. The summed E-state index contributed by atoms with van der Waals surface area (Å²) < 4.78 is 11.8. The second kappa shape index (κ2) is 8.80. The van der Waals surface area contributed by atoms with Crippen molar-refractivity contribution < 1.29 is 19.6 Å². The minimum atomic E-state index is -1.46. The third-order valence-corrected chi connectivity index (χ3v) is 5.75. The second-order valence-corrected chi connectivity index (χ2v) is 8.58. The molecule has 0 bridgehead atoms. The third-order valence-electron chi connectivity index (χ3n) is 4.19. The van der Waals surface area contributed by atoms with Crippen LogP contribution in [0.3, 0.4) is 0 Å². The fourth-order valence-corrected chi connectivity index (χ4v) is 4.18. The van der Waals surface area contributed by atoms with E-state index in [-0.39, 0.29) is 17.4 Å². The van der Waals surface area contributed by atoms with E-state index in [2.05, 4.69) is 0 Å². The maximum atomic E-state index is 11.8. The molecule has 0 aliphatic rings. The van der Waals surface area contributed by atoms with Crippen molar-refractivity contribution in [1.29, 1.82) is 0 Å². The first-order valence-electron chi connectivity index (χ1n) is 8.33. The maximum Gasteiger partial charge on any atom is 0.353 e. The van der Waals surface area contributed by atoms with E-state index in [4.69, 9.17) is 16.7 Å². The number of aromatic hydroxyl groups is 1. The number of carboxylic acids is 1. The number of phenolic OH excluding ortho intramolecular Hbond substituents is 1. The molecule has 0 aromatic heterocycles. The van der Waals surface area contributed by atoms with Crippen LogP contribution in [0.25, 0.3) is 0 Å². The van der Waals surface area contributed by atoms with Crippen LogP contribution in [0.1, 0.15) is 47.6 Å². The van der Waals surface area contributed by atoms with Gasteiger partial charge in [-0.1, -0.05) is 43.6 Å². The summed E-state index contributed by atoms with van der Waals surface area (Å²) in [7, 11) is 0. The summed E-state index contributed by atoms with van der Waals surface area (Å²) in [6, 6.07) is 9.24.